The Kier molecular flexibility index (Phi) is 5.70. The van der Waals surface area contributed by atoms with Crippen LogP contribution in [0.25, 0.3) is 0 Å². The van der Waals surface area contributed by atoms with Crippen LogP contribution < -0.4 is 14.4 Å². The average molecular weight is 388 g/mol. The first-order valence-electron chi connectivity index (χ1n) is 9.01. The summed E-state index contributed by atoms with van der Waals surface area (Å²) < 4.78 is 31.6. The highest BCUT2D eigenvalue weighted by Gasteiger charge is 2.26. The molecule has 7 heteroatoms. The number of anilines is 2. The van der Waals surface area contributed by atoms with Crippen molar-refractivity contribution >= 4 is 27.3 Å². The fourth-order valence-electron chi connectivity index (χ4n) is 3.04. The Morgan fingerprint density at radius 1 is 1.19 bits per heavy atom. The zero-order valence-electron chi connectivity index (χ0n) is 15.6. The molecule has 3 rings (SSSR count). The van der Waals surface area contributed by atoms with Gasteiger partial charge < -0.3 is 10.1 Å². The van der Waals surface area contributed by atoms with Crippen LogP contribution in [0.4, 0.5) is 11.4 Å². The molecule has 0 atom stereocenters. The quantitative estimate of drug-likeness (QED) is 0.825. The summed E-state index contributed by atoms with van der Waals surface area (Å²) in [6.45, 7) is 3.97. The van der Waals surface area contributed by atoms with Gasteiger partial charge in [-0.05, 0) is 56.5 Å². The van der Waals surface area contributed by atoms with Gasteiger partial charge in [0, 0.05) is 12.2 Å². The Labute approximate surface area is 160 Å². The van der Waals surface area contributed by atoms with Crippen molar-refractivity contribution in [1.29, 1.82) is 0 Å². The molecule has 0 bridgehead atoms. The van der Waals surface area contributed by atoms with Gasteiger partial charge in [-0.3, -0.25) is 9.10 Å². The van der Waals surface area contributed by atoms with Crippen LogP contribution in [-0.4, -0.2) is 33.2 Å². The maximum atomic E-state index is 12.4. The zero-order valence-corrected chi connectivity index (χ0v) is 16.4. The molecule has 2 aromatic carbocycles. The van der Waals surface area contributed by atoms with Crippen LogP contribution in [0, 0.1) is 6.92 Å². The standard InChI is InChI=1S/C20H24N2O4S/c1-3-27(24,25)22-12-4-5-16-8-9-17(13-19(16)22)21-20(23)14-26-18-10-6-15(2)7-11-18/h6-11,13H,3-5,12,14H2,1-2H3,(H,21,23). The molecule has 0 spiro atoms. The van der Waals surface area contributed by atoms with Crippen LogP contribution in [0.1, 0.15) is 24.5 Å². The molecule has 0 aliphatic carbocycles. The van der Waals surface area contributed by atoms with Crippen molar-refractivity contribution in [2.75, 3.05) is 28.5 Å². The van der Waals surface area contributed by atoms with E-state index in [4.69, 9.17) is 4.74 Å². The Hall–Kier alpha value is -2.54. The second-order valence-corrected chi connectivity index (χ2v) is 8.75. The number of ether oxygens (including phenoxy) is 1. The number of nitrogens with one attached hydrogen (secondary N) is 1. The van der Waals surface area contributed by atoms with Crippen LogP contribution in [0.2, 0.25) is 0 Å². The molecule has 0 fully saturated rings. The molecule has 1 aliphatic heterocycles. The number of sulfonamides is 1. The van der Waals surface area contributed by atoms with Crippen molar-refractivity contribution in [3.05, 3.63) is 53.6 Å². The van der Waals surface area contributed by atoms with Crippen LogP contribution in [-0.2, 0) is 21.2 Å². The third-order valence-corrected chi connectivity index (χ3v) is 6.32. The summed E-state index contributed by atoms with van der Waals surface area (Å²) in [6, 6.07) is 12.9. The number of nitrogens with zero attached hydrogens (tertiary/aromatic N) is 1. The van der Waals surface area contributed by atoms with Gasteiger partial charge in [0.2, 0.25) is 10.0 Å². The largest absolute Gasteiger partial charge is 0.484 e. The predicted molar refractivity (Wildman–Crippen MR) is 107 cm³/mol. The Morgan fingerprint density at radius 2 is 1.93 bits per heavy atom. The summed E-state index contributed by atoms with van der Waals surface area (Å²) >= 11 is 0. The normalized spacial score (nSPS) is 13.8. The fraction of sp³-hybridized carbons (Fsp3) is 0.350. The minimum absolute atomic E-state index is 0.0490. The Morgan fingerprint density at radius 3 is 2.63 bits per heavy atom. The molecule has 2 aromatic rings. The molecule has 27 heavy (non-hydrogen) atoms. The van der Waals surface area contributed by atoms with Crippen LogP contribution >= 0.6 is 0 Å². The highest BCUT2D eigenvalue weighted by atomic mass is 32.2. The van der Waals surface area contributed by atoms with Crippen molar-refractivity contribution in [2.24, 2.45) is 0 Å². The summed E-state index contributed by atoms with van der Waals surface area (Å²) in [5.74, 6) is 0.380. The van der Waals surface area contributed by atoms with E-state index in [1.165, 1.54) is 4.31 Å². The first kappa shape index (κ1) is 19.2. The highest BCUT2D eigenvalue weighted by molar-refractivity contribution is 7.92. The maximum absolute atomic E-state index is 12.4. The van der Waals surface area contributed by atoms with Crippen LogP contribution in [0.15, 0.2) is 42.5 Å². The van der Waals surface area contributed by atoms with Gasteiger partial charge in [-0.2, -0.15) is 0 Å². The smallest absolute Gasteiger partial charge is 0.262 e. The molecule has 0 saturated heterocycles. The van der Waals surface area contributed by atoms with Crippen LogP contribution in [0.3, 0.4) is 0 Å². The minimum Gasteiger partial charge on any atom is -0.484 e. The third kappa shape index (κ3) is 4.60. The first-order chi connectivity index (χ1) is 12.9. The molecule has 0 radical (unpaired) electrons. The second-order valence-electron chi connectivity index (χ2n) is 6.57. The average Bonchev–Trinajstić information content (AvgIpc) is 2.67. The van der Waals surface area contributed by atoms with E-state index in [9.17, 15) is 13.2 Å². The summed E-state index contributed by atoms with van der Waals surface area (Å²) in [5, 5.41) is 2.78. The van der Waals surface area contributed by atoms with E-state index in [0.717, 1.165) is 24.0 Å². The number of rotatable bonds is 6. The third-order valence-electron chi connectivity index (χ3n) is 4.54. The number of carbonyl (C=O) groups is 1. The molecule has 0 saturated carbocycles. The van der Waals surface area contributed by atoms with Gasteiger partial charge in [-0.25, -0.2) is 8.42 Å². The molecule has 1 heterocycles. The number of fused-ring (bicyclic) bond motifs is 1. The lowest BCUT2D eigenvalue weighted by molar-refractivity contribution is -0.118. The number of aryl methyl sites for hydroxylation is 2. The van der Waals surface area contributed by atoms with E-state index < -0.39 is 10.0 Å². The van der Waals surface area contributed by atoms with Gasteiger partial charge in [-0.1, -0.05) is 23.8 Å². The number of benzene rings is 2. The van der Waals surface area contributed by atoms with Crippen molar-refractivity contribution in [3.8, 4) is 5.75 Å². The molecule has 1 aliphatic rings. The summed E-state index contributed by atoms with van der Waals surface area (Å²) in [4.78, 5) is 12.2. The molecule has 0 unspecified atom stereocenters. The topological polar surface area (TPSA) is 75.7 Å². The number of hydrogen-bond donors (Lipinski definition) is 1. The Balaban J connectivity index is 1.69. The van der Waals surface area contributed by atoms with Crippen molar-refractivity contribution in [1.82, 2.24) is 0 Å². The minimum atomic E-state index is -3.33. The van der Waals surface area contributed by atoms with Crippen molar-refractivity contribution in [2.45, 2.75) is 26.7 Å². The monoisotopic (exact) mass is 388 g/mol. The predicted octanol–water partition coefficient (Wildman–Crippen LogP) is 3.11. The van der Waals surface area contributed by atoms with E-state index in [1.54, 1.807) is 19.1 Å². The van der Waals surface area contributed by atoms with Gasteiger partial charge in [0.15, 0.2) is 6.61 Å². The van der Waals surface area contributed by atoms with Crippen LogP contribution in [0.5, 0.6) is 5.75 Å². The lowest BCUT2D eigenvalue weighted by Crippen LogP contribution is -2.36. The van der Waals surface area contributed by atoms with E-state index in [-0.39, 0.29) is 18.3 Å². The second kappa shape index (κ2) is 8.00. The number of hydrogen-bond acceptors (Lipinski definition) is 4. The lowest BCUT2D eigenvalue weighted by Gasteiger charge is -2.30. The zero-order chi connectivity index (χ0) is 19.4. The molecular weight excluding hydrogens is 364 g/mol. The van der Waals surface area contributed by atoms with Gasteiger partial charge >= 0.3 is 0 Å². The summed E-state index contributed by atoms with van der Waals surface area (Å²) in [7, 11) is -3.33. The molecule has 144 valence electrons. The van der Waals surface area contributed by atoms with E-state index in [1.807, 2.05) is 37.3 Å². The van der Waals surface area contributed by atoms with Gasteiger partial charge in [0.1, 0.15) is 5.75 Å². The molecular formula is C20H24N2O4S. The van der Waals surface area contributed by atoms with E-state index in [2.05, 4.69) is 5.32 Å². The number of amides is 1. The van der Waals surface area contributed by atoms with Gasteiger partial charge in [0.25, 0.3) is 5.91 Å². The molecule has 6 nitrogen and oxygen atoms in total. The summed E-state index contributed by atoms with van der Waals surface area (Å²) in [5.41, 5.74) is 3.31. The van der Waals surface area contributed by atoms with Crippen molar-refractivity contribution < 1.29 is 17.9 Å². The first-order valence-corrected chi connectivity index (χ1v) is 10.6. The van der Waals surface area contributed by atoms with Crippen molar-refractivity contribution in [3.63, 3.8) is 0 Å². The van der Waals surface area contributed by atoms with E-state index in [0.29, 0.717) is 23.7 Å². The van der Waals surface area contributed by atoms with Gasteiger partial charge in [-0.15, -0.1) is 0 Å². The maximum Gasteiger partial charge on any atom is 0.262 e. The Bertz CT molecular complexity index is 923. The molecule has 0 aromatic heterocycles. The lowest BCUT2D eigenvalue weighted by atomic mass is 10.0. The highest BCUT2D eigenvalue weighted by Crippen LogP contribution is 2.32. The fourth-order valence-corrected chi connectivity index (χ4v) is 4.23. The van der Waals surface area contributed by atoms with E-state index >= 15 is 0 Å². The number of carbonyl (C=O) groups excluding carboxylic acids is 1. The molecule has 1 amide bonds. The molecule has 1 N–H and O–H groups in total. The van der Waals surface area contributed by atoms with Gasteiger partial charge in [0.05, 0.1) is 11.4 Å². The summed E-state index contributed by atoms with van der Waals surface area (Å²) in [6.07, 6.45) is 1.62. The SMILES string of the molecule is CCS(=O)(=O)N1CCCc2ccc(NC(=O)COc3ccc(C)cc3)cc21.